The van der Waals surface area contributed by atoms with Crippen LogP contribution in [0.1, 0.15) is 19.3 Å². The quantitative estimate of drug-likeness (QED) is 0.685. The molecule has 3 heterocycles. The summed E-state index contributed by atoms with van der Waals surface area (Å²) in [6.07, 6.45) is 3.74. The van der Waals surface area contributed by atoms with Crippen molar-refractivity contribution < 1.29 is 14.4 Å². The highest BCUT2D eigenvalue weighted by Crippen LogP contribution is 2.32. The summed E-state index contributed by atoms with van der Waals surface area (Å²) in [5, 5.41) is 5.45. The zero-order valence-corrected chi connectivity index (χ0v) is 11.9. The van der Waals surface area contributed by atoms with Crippen molar-refractivity contribution in [3.8, 4) is 0 Å². The first kappa shape index (κ1) is 13.9. The van der Waals surface area contributed by atoms with Gasteiger partial charge >= 0.3 is 6.03 Å². The van der Waals surface area contributed by atoms with Gasteiger partial charge in [-0.05, 0) is 19.3 Å². The molecule has 4 amide bonds. The second-order valence-electron chi connectivity index (χ2n) is 5.77. The molecule has 0 aromatic carbocycles. The molecule has 7 heteroatoms. The molecular weight excluding hydrogens is 272 g/mol. The molecule has 0 bridgehead atoms. The first-order chi connectivity index (χ1) is 10.1. The Kier molecular flexibility index (Phi) is 3.57. The van der Waals surface area contributed by atoms with Crippen LogP contribution < -0.4 is 10.6 Å². The third-order valence-corrected chi connectivity index (χ3v) is 4.43. The molecule has 7 nitrogen and oxygen atoms in total. The van der Waals surface area contributed by atoms with Gasteiger partial charge in [0.15, 0.2) is 0 Å². The molecule has 0 radical (unpaired) electrons. The molecule has 3 rings (SSSR count). The van der Waals surface area contributed by atoms with Crippen LogP contribution in [0.3, 0.4) is 0 Å². The van der Waals surface area contributed by atoms with Gasteiger partial charge in [-0.3, -0.25) is 9.59 Å². The smallest absolute Gasteiger partial charge is 0.315 e. The molecule has 3 fully saturated rings. The van der Waals surface area contributed by atoms with Crippen LogP contribution in [0.2, 0.25) is 0 Å². The number of hydrogen-bond donors (Lipinski definition) is 2. The van der Waals surface area contributed by atoms with Gasteiger partial charge in [-0.1, -0.05) is 6.08 Å². The number of urea groups is 1. The Balaban J connectivity index is 1.65. The number of carbonyl (C=O) groups excluding carboxylic acids is 3. The van der Waals surface area contributed by atoms with Crippen molar-refractivity contribution in [3.05, 3.63) is 12.7 Å². The van der Waals surface area contributed by atoms with E-state index in [0.29, 0.717) is 26.1 Å². The second kappa shape index (κ2) is 5.38. The Morgan fingerprint density at radius 1 is 1.29 bits per heavy atom. The monoisotopic (exact) mass is 292 g/mol. The van der Waals surface area contributed by atoms with Gasteiger partial charge in [0.25, 0.3) is 0 Å². The molecule has 114 valence electrons. The maximum Gasteiger partial charge on any atom is 0.315 e. The summed E-state index contributed by atoms with van der Waals surface area (Å²) in [5.74, 6) is 0.0702. The van der Waals surface area contributed by atoms with Crippen molar-refractivity contribution in [1.82, 2.24) is 20.4 Å². The molecule has 21 heavy (non-hydrogen) atoms. The summed E-state index contributed by atoms with van der Waals surface area (Å²) in [6.45, 7) is 5.01. The summed E-state index contributed by atoms with van der Waals surface area (Å²) < 4.78 is 0. The maximum absolute atomic E-state index is 12.4. The molecule has 3 saturated heterocycles. The van der Waals surface area contributed by atoms with E-state index >= 15 is 0 Å². The SMILES string of the molecule is C=CCNC(=O)NC1CC2C(=O)N3CCCC3C(=O)N2C1. The van der Waals surface area contributed by atoms with Crippen molar-refractivity contribution in [2.75, 3.05) is 19.6 Å². The van der Waals surface area contributed by atoms with E-state index in [-0.39, 0.29) is 29.9 Å². The van der Waals surface area contributed by atoms with Crippen molar-refractivity contribution in [1.29, 1.82) is 0 Å². The average molecular weight is 292 g/mol. The van der Waals surface area contributed by atoms with Crippen molar-refractivity contribution in [3.63, 3.8) is 0 Å². The Morgan fingerprint density at radius 3 is 2.81 bits per heavy atom. The summed E-state index contributed by atoms with van der Waals surface area (Å²) >= 11 is 0. The molecule has 2 N–H and O–H groups in total. The highest BCUT2D eigenvalue weighted by Gasteiger charge is 2.51. The number of rotatable bonds is 3. The molecule has 3 aliphatic heterocycles. The van der Waals surface area contributed by atoms with Crippen LogP contribution in [-0.2, 0) is 9.59 Å². The molecule has 0 spiro atoms. The van der Waals surface area contributed by atoms with Crippen LogP contribution in [0.15, 0.2) is 12.7 Å². The van der Waals surface area contributed by atoms with Crippen LogP contribution in [0.4, 0.5) is 4.79 Å². The number of amides is 4. The van der Waals surface area contributed by atoms with E-state index in [9.17, 15) is 14.4 Å². The maximum atomic E-state index is 12.4. The van der Waals surface area contributed by atoms with Crippen LogP contribution in [0.25, 0.3) is 0 Å². The van der Waals surface area contributed by atoms with E-state index in [1.54, 1.807) is 15.9 Å². The fourth-order valence-electron chi connectivity index (χ4n) is 3.49. The van der Waals surface area contributed by atoms with Gasteiger partial charge in [0.05, 0.1) is 6.04 Å². The Morgan fingerprint density at radius 2 is 2.05 bits per heavy atom. The lowest BCUT2D eigenvalue weighted by molar-refractivity contribution is -0.156. The van der Waals surface area contributed by atoms with E-state index in [2.05, 4.69) is 17.2 Å². The van der Waals surface area contributed by atoms with Gasteiger partial charge < -0.3 is 20.4 Å². The number of nitrogens with zero attached hydrogens (tertiary/aromatic N) is 2. The highest BCUT2D eigenvalue weighted by molar-refractivity contribution is 5.98. The lowest BCUT2D eigenvalue weighted by atomic mass is 10.1. The minimum absolute atomic E-state index is 0.0351. The molecule has 0 saturated carbocycles. The minimum Gasteiger partial charge on any atom is -0.335 e. The van der Waals surface area contributed by atoms with Crippen LogP contribution in [0, 0.1) is 0 Å². The second-order valence-corrected chi connectivity index (χ2v) is 5.77. The molecule has 3 unspecified atom stereocenters. The van der Waals surface area contributed by atoms with Gasteiger partial charge in [0.1, 0.15) is 12.1 Å². The summed E-state index contributed by atoms with van der Waals surface area (Å²) in [4.78, 5) is 39.9. The van der Waals surface area contributed by atoms with E-state index in [4.69, 9.17) is 0 Å². The normalized spacial score (nSPS) is 31.0. The van der Waals surface area contributed by atoms with Gasteiger partial charge in [0.2, 0.25) is 11.8 Å². The van der Waals surface area contributed by atoms with Crippen LogP contribution >= 0.6 is 0 Å². The summed E-state index contributed by atoms with van der Waals surface area (Å²) in [5.41, 5.74) is 0. The van der Waals surface area contributed by atoms with Crippen LogP contribution in [-0.4, -0.2) is 65.4 Å². The lowest BCUT2D eigenvalue weighted by Crippen LogP contribution is -2.60. The number of piperazine rings is 1. The Labute approximate surface area is 123 Å². The third kappa shape index (κ3) is 2.36. The van der Waals surface area contributed by atoms with E-state index < -0.39 is 6.04 Å². The molecular formula is C14H20N4O3. The molecule has 0 aromatic rings. The largest absolute Gasteiger partial charge is 0.335 e. The average Bonchev–Trinajstić information content (AvgIpc) is 3.09. The fourth-order valence-corrected chi connectivity index (χ4v) is 3.49. The highest BCUT2D eigenvalue weighted by atomic mass is 16.2. The molecule has 0 aliphatic carbocycles. The summed E-state index contributed by atoms with van der Waals surface area (Å²) in [7, 11) is 0. The van der Waals surface area contributed by atoms with Crippen molar-refractivity contribution in [2.45, 2.75) is 37.4 Å². The van der Waals surface area contributed by atoms with E-state index in [1.165, 1.54) is 0 Å². The van der Waals surface area contributed by atoms with Gasteiger partial charge in [-0.25, -0.2) is 4.79 Å². The predicted octanol–water partition coefficient (Wildman–Crippen LogP) is -0.554. The van der Waals surface area contributed by atoms with E-state index in [0.717, 1.165) is 12.8 Å². The standard InChI is InChI=1S/C14H20N4O3/c1-2-5-15-14(21)16-9-7-11-13(20)17-6-3-4-10(17)12(19)18(11)8-9/h2,9-11H,1,3-8H2,(H2,15,16,21). The zero-order chi connectivity index (χ0) is 15.0. The summed E-state index contributed by atoms with van der Waals surface area (Å²) in [6, 6.07) is -1.15. The Hall–Kier alpha value is -2.05. The number of carbonyl (C=O) groups is 3. The van der Waals surface area contributed by atoms with Crippen LogP contribution in [0.5, 0.6) is 0 Å². The third-order valence-electron chi connectivity index (χ3n) is 4.43. The number of hydrogen-bond acceptors (Lipinski definition) is 3. The van der Waals surface area contributed by atoms with Crippen molar-refractivity contribution in [2.24, 2.45) is 0 Å². The van der Waals surface area contributed by atoms with Crippen molar-refractivity contribution >= 4 is 17.8 Å². The van der Waals surface area contributed by atoms with E-state index in [1.807, 2.05) is 0 Å². The molecule has 3 atom stereocenters. The predicted molar refractivity (Wildman–Crippen MR) is 75.4 cm³/mol. The zero-order valence-electron chi connectivity index (χ0n) is 11.9. The number of nitrogens with one attached hydrogen (secondary N) is 2. The molecule has 3 aliphatic rings. The fraction of sp³-hybridized carbons (Fsp3) is 0.643. The van der Waals surface area contributed by atoms with Gasteiger partial charge in [-0.2, -0.15) is 0 Å². The Bertz CT molecular complexity index is 463. The lowest BCUT2D eigenvalue weighted by Gasteiger charge is -2.38. The number of fused-ring (bicyclic) bond motifs is 2. The molecule has 0 aromatic heterocycles. The topological polar surface area (TPSA) is 81.8 Å². The van der Waals surface area contributed by atoms with Gasteiger partial charge in [-0.15, -0.1) is 6.58 Å². The first-order valence-electron chi connectivity index (χ1n) is 7.38. The first-order valence-corrected chi connectivity index (χ1v) is 7.38. The van der Waals surface area contributed by atoms with Gasteiger partial charge in [0, 0.05) is 19.6 Å². The minimum atomic E-state index is -0.406.